The second kappa shape index (κ2) is 5.58. The summed E-state index contributed by atoms with van der Waals surface area (Å²) in [6, 6.07) is 0. The van der Waals surface area contributed by atoms with E-state index in [0.717, 1.165) is 0 Å². The van der Waals surface area contributed by atoms with Crippen LogP contribution >= 0.6 is 0 Å². The van der Waals surface area contributed by atoms with Crippen LogP contribution in [0.4, 0.5) is 17.6 Å². The predicted octanol–water partition coefficient (Wildman–Crippen LogP) is 4.76. The fourth-order valence-corrected chi connectivity index (χ4v) is 2.43. The third-order valence-corrected chi connectivity index (χ3v) is 4.04. The second-order valence-corrected chi connectivity index (χ2v) is 6.54. The SMILES string of the molecule is CC1CCOCCCC(C(F)(F)C(C)(C)C)C1(F)F. The molecule has 0 radical (unpaired) electrons. The van der Waals surface area contributed by atoms with Crippen LogP contribution < -0.4 is 0 Å². The summed E-state index contributed by atoms with van der Waals surface area (Å²) in [5.74, 6) is -9.79. The lowest BCUT2D eigenvalue weighted by Gasteiger charge is -2.42. The van der Waals surface area contributed by atoms with Gasteiger partial charge in [-0.15, -0.1) is 0 Å². The van der Waals surface area contributed by atoms with E-state index in [1.54, 1.807) is 0 Å². The number of ether oxygens (including phenoxy) is 1. The van der Waals surface area contributed by atoms with Gasteiger partial charge in [0.2, 0.25) is 0 Å². The van der Waals surface area contributed by atoms with Crippen LogP contribution in [-0.2, 0) is 4.74 Å². The highest BCUT2D eigenvalue weighted by Gasteiger charge is 2.60. The molecule has 0 bridgehead atoms. The van der Waals surface area contributed by atoms with Crippen LogP contribution in [0.25, 0.3) is 0 Å². The first kappa shape index (κ1) is 16.7. The largest absolute Gasteiger partial charge is 0.381 e. The topological polar surface area (TPSA) is 9.23 Å². The Balaban J connectivity index is 3.10. The van der Waals surface area contributed by atoms with E-state index in [1.165, 1.54) is 27.7 Å². The molecule has 1 fully saturated rings. The van der Waals surface area contributed by atoms with Crippen molar-refractivity contribution in [3.63, 3.8) is 0 Å². The van der Waals surface area contributed by atoms with Gasteiger partial charge in [-0.25, -0.2) is 17.6 Å². The molecular weight excluding hydrogens is 260 g/mol. The molecule has 1 saturated heterocycles. The molecule has 0 amide bonds. The van der Waals surface area contributed by atoms with Crippen molar-refractivity contribution in [2.45, 2.75) is 58.8 Å². The van der Waals surface area contributed by atoms with E-state index in [1.807, 2.05) is 0 Å². The molecule has 0 aliphatic carbocycles. The van der Waals surface area contributed by atoms with Gasteiger partial charge in [0.05, 0.1) is 5.92 Å². The molecule has 0 aromatic rings. The van der Waals surface area contributed by atoms with E-state index in [0.29, 0.717) is 0 Å². The number of hydrogen-bond acceptors (Lipinski definition) is 1. The lowest BCUT2D eigenvalue weighted by atomic mass is 9.72. The first-order valence-electron chi connectivity index (χ1n) is 6.84. The van der Waals surface area contributed by atoms with Gasteiger partial charge in [0.1, 0.15) is 0 Å². The predicted molar refractivity (Wildman–Crippen MR) is 66.7 cm³/mol. The highest BCUT2D eigenvalue weighted by Crippen LogP contribution is 2.52. The van der Waals surface area contributed by atoms with Crippen LogP contribution in [0.3, 0.4) is 0 Å². The highest BCUT2D eigenvalue weighted by atomic mass is 19.3. The fourth-order valence-electron chi connectivity index (χ4n) is 2.43. The lowest BCUT2D eigenvalue weighted by Crippen LogP contribution is -2.51. The average Bonchev–Trinajstić information content (AvgIpc) is 2.29. The maximum Gasteiger partial charge on any atom is 0.261 e. The van der Waals surface area contributed by atoms with Crippen LogP contribution in [0.1, 0.15) is 47.0 Å². The van der Waals surface area contributed by atoms with Crippen LogP contribution in [-0.4, -0.2) is 25.1 Å². The first-order chi connectivity index (χ1) is 8.51. The molecule has 2 atom stereocenters. The molecule has 0 aromatic carbocycles. The van der Waals surface area contributed by atoms with E-state index in [4.69, 9.17) is 4.74 Å². The molecule has 5 heteroatoms. The van der Waals surface area contributed by atoms with Gasteiger partial charge in [-0.3, -0.25) is 0 Å². The van der Waals surface area contributed by atoms with Crippen LogP contribution in [0.2, 0.25) is 0 Å². The summed E-state index contributed by atoms with van der Waals surface area (Å²) in [5.41, 5.74) is -1.48. The van der Waals surface area contributed by atoms with Crippen molar-refractivity contribution in [3.8, 4) is 0 Å². The van der Waals surface area contributed by atoms with Gasteiger partial charge >= 0.3 is 0 Å². The number of halogens is 4. The molecule has 1 heterocycles. The molecule has 2 unspecified atom stereocenters. The Morgan fingerprint density at radius 2 is 1.63 bits per heavy atom. The quantitative estimate of drug-likeness (QED) is 0.631. The fraction of sp³-hybridized carbons (Fsp3) is 1.00. The summed E-state index contributed by atoms with van der Waals surface area (Å²) in [6.07, 6.45) is 0.157. The Morgan fingerprint density at radius 1 is 1.05 bits per heavy atom. The van der Waals surface area contributed by atoms with Crippen LogP contribution in [0, 0.1) is 17.3 Å². The van der Waals surface area contributed by atoms with Crippen molar-refractivity contribution in [2.24, 2.45) is 17.3 Å². The third kappa shape index (κ3) is 3.41. The van der Waals surface area contributed by atoms with Crippen molar-refractivity contribution < 1.29 is 22.3 Å². The molecule has 1 rings (SSSR count). The molecule has 0 N–H and O–H groups in total. The zero-order chi connectivity index (χ0) is 14.9. The van der Waals surface area contributed by atoms with Crippen LogP contribution in [0.5, 0.6) is 0 Å². The van der Waals surface area contributed by atoms with Crippen molar-refractivity contribution in [1.82, 2.24) is 0 Å². The van der Waals surface area contributed by atoms with E-state index in [-0.39, 0.29) is 32.5 Å². The third-order valence-electron chi connectivity index (χ3n) is 4.04. The molecule has 1 aliphatic rings. The van der Waals surface area contributed by atoms with E-state index < -0.39 is 29.1 Å². The summed E-state index contributed by atoms with van der Waals surface area (Å²) >= 11 is 0. The number of rotatable bonds is 1. The van der Waals surface area contributed by atoms with E-state index in [9.17, 15) is 17.6 Å². The Bertz CT molecular complexity index is 296. The zero-order valence-corrected chi connectivity index (χ0v) is 12.1. The van der Waals surface area contributed by atoms with Gasteiger partial charge in [-0.1, -0.05) is 27.7 Å². The summed E-state index contributed by atoms with van der Waals surface area (Å²) in [7, 11) is 0. The van der Waals surface area contributed by atoms with E-state index >= 15 is 0 Å². The van der Waals surface area contributed by atoms with Gasteiger partial charge < -0.3 is 4.74 Å². The van der Waals surface area contributed by atoms with Crippen molar-refractivity contribution >= 4 is 0 Å². The Hall–Kier alpha value is -0.320. The maximum absolute atomic E-state index is 14.4. The number of hydrogen-bond donors (Lipinski definition) is 0. The zero-order valence-electron chi connectivity index (χ0n) is 12.1. The Kier molecular flexibility index (Phi) is 4.92. The smallest absolute Gasteiger partial charge is 0.261 e. The Morgan fingerprint density at radius 3 is 2.16 bits per heavy atom. The van der Waals surface area contributed by atoms with Gasteiger partial charge in [0.15, 0.2) is 0 Å². The summed E-state index contributed by atoms with van der Waals surface area (Å²) in [4.78, 5) is 0. The Labute approximate surface area is 112 Å². The molecule has 114 valence electrons. The number of alkyl halides is 4. The minimum absolute atomic E-state index is 0.115. The summed E-state index contributed by atoms with van der Waals surface area (Å²) in [5, 5.41) is 0. The summed E-state index contributed by atoms with van der Waals surface area (Å²) < 4.78 is 62.8. The molecule has 0 spiro atoms. The van der Waals surface area contributed by atoms with Crippen molar-refractivity contribution in [3.05, 3.63) is 0 Å². The standard InChI is InChI=1S/C14H24F4O/c1-10-7-9-19-8-5-6-11(13(10,15)16)14(17,18)12(2,3)4/h10-11H,5-9H2,1-4H3. The molecule has 0 saturated carbocycles. The van der Waals surface area contributed by atoms with Gasteiger partial charge in [-0.05, 0) is 19.3 Å². The molecule has 1 aliphatic heterocycles. The van der Waals surface area contributed by atoms with Gasteiger partial charge in [-0.2, -0.15) is 0 Å². The monoisotopic (exact) mass is 284 g/mol. The molecule has 19 heavy (non-hydrogen) atoms. The van der Waals surface area contributed by atoms with Gasteiger partial charge in [0, 0.05) is 24.5 Å². The van der Waals surface area contributed by atoms with Gasteiger partial charge in [0.25, 0.3) is 11.8 Å². The molecular formula is C14H24F4O. The average molecular weight is 284 g/mol. The summed E-state index contributed by atoms with van der Waals surface area (Å²) in [6.45, 7) is 5.77. The maximum atomic E-state index is 14.4. The molecule has 1 nitrogen and oxygen atoms in total. The van der Waals surface area contributed by atoms with Crippen molar-refractivity contribution in [1.29, 1.82) is 0 Å². The second-order valence-electron chi connectivity index (χ2n) is 6.54. The lowest BCUT2D eigenvalue weighted by molar-refractivity contribution is -0.234. The minimum Gasteiger partial charge on any atom is -0.381 e. The minimum atomic E-state index is -3.41. The normalized spacial score (nSPS) is 30.3. The molecule has 0 aromatic heterocycles. The van der Waals surface area contributed by atoms with E-state index in [2.05, 4.69) is 0 Å². The first-order valence-corrected chi connectivity index (χ1v) is 6.84. The van der Waals surface area contributed by atoms with Crippen molar-refractivity contribution in [2.75, 3.05) is 13.2 Å². The van der Waals surface area contributed by atoms with Crippen LogP contribution in [0.15, 0.2) is 0 Å². The highest BCUT2D eigenvalue weighted by molar-refractivity contribution is 4.97.